The number of benzene rings is 1. The number of pyridine rings is 1. The quantitative estimate of drug-likeness (QED) is 0.373. The second-order valence-corrected chi connectivity index (χ2v) is 10.8. The lowest BCUT2D eigenvalue weighted by atomic mass is 9.62. The van der Waals surface area contributed by atoms with Crippen LogP contribution in [-0.4, -0.2) is 30.8 Å². The van der Waals surface area contributed by atoms with Crippen molar-refractivity contribution < 1.29 is 31.6 Å². The fraction of sp³-hybridized carbons (Fsp3) is 0.333. The van der Waals surface area contributed by atoms with E-state index in [1.54, 1.807) is 6.07 Å². The Bertz CT molecular complexity index is 1330. The standard InChI is InChI=1S/C24H24F2N2O5S/c1-13-15(11-12-16(27-13)21(25)26)18(29)17-19(23(2,3)22(31)24(4,5)20(17)30)28-34(32,33)14-9-7-6-8-10-14/h6-12,21,28H,1-5H3. The van der Waals surface area contributed by atoms with E-state index in [1.165, 1.54) is 58.9 Å². The molecule has 34 heavy (non-hydrogen) atoms. The zero-order valence-electron chi connectivity index (χ0n) is 19.3. The number of Topliss-reactive ketones (excluding diaryl/α,β-unsaturated/α-hetero) is 3. The van der Waals surface area contributed by atoms with Crippen molar-refractivity contribution >= 4 is 27.4 Å². The number of aromatic nitrogens is 1. The van der Waals surface area contributed by atoms with Crippen molar-refractivity contribution in [3.05, 3.63) is 70.7 Å². The van der Waals surface area contributed by atoms with Gasteiger partial charge in [-0.2, -0.15) is 0 Å². The van der Waals surface area contributed by atoms with Crippen LogP contribution >= 0.6 is 0 Å². The summed E-state index contributed by atoms with van der Waals surface area (Å²) in [6, 6.07) is 9.35. The lowest BCUT2D eigenvalue weighted by molar-refractivity contribution is -0.142. The number of nitrogens with zero attached hydrogens (tertiary/aromatic N) is 1. The maximum atomic E-state index is 13.6. The Hall–Kier alpha value is -3.27. The first-order chi connectivity index (χ1) is 15.6. The summed E-state index contributed by atoms with van der Waals surface area (Å²) >= 11 is 0. The molecule has 1 heterocycles. The number of ketones is 3. The Balaban J connectivity index is 2.27. The van der Waals surface area contributed by atoms with Gasteiger partial charge < -0.3 is 0 Å². The summed E-state index contributed by atoms with van der Waals surface area (Å²) in [4.78, 5) is 43.8. The van der Waals surface area contributed by atoms with E-state index < -0.39 is 55.9 Å². The van der Waals surface area contributed by atoms with Gasteiger partial charge in [0.05, 0.1) is 27.0 Å². The molecule has 0 radical (unpaired) electrons. The number of hydrogen-bond donors (Lipinski definition) is 1. The highest BCUT2D eigenvalue weighted by Crippen LogP contribution is 2.44. The molecular formula is C24H24F2N2O5S. The van der Waals surface area contributed by atoms with Crippen LogP contribution in [0.5, 0.6) is 0 Å². The highest BCUT2D eigenvalue weighted by atomic mass is 32.2. The lowest BCUT2D eigenvalue weighted by Gasteiger charge is -2.40. The molecule has 0 saturated heterocycles. The lowest BCUT2D eigenvalue weighted by Crippen LogP contribution is -2.53. The molecule has 1 aliphatic carbocycles. The van der Waals surface area contributed by atoms with E-state index in [0.717, 1.165) is 12.1 Å². The third kappa shape index (κ3) is 4.18. The van der Waals surface area contributed by atoms with E-state index in [-0.39, 0.29) is 21.8 Å². The largest absolute Gasteiger partial charge is 0.298 e. The van der Waals surface area contributed by atoms with Crippen molar-refractivity contribution in [1.82, 2.24) is 9.71 Å². The summed E-state index contributed by atoms with van der Waals surface area (Å²) in [5, 5.41) is 0. The number of carbonyl (C=O) groups excluding carboxylic acids is 3. The van der Waals surface area contributed by atoms with E-state index >= 15 is 0 Å². The van der Waals surface area contributed by atoms with E-state index in [2.05, 4.69) is 9.71 Å². The Morgan fingerprint density at radius 2 is 1.56 bits per heavy atom. The number of allylic oxidation sites excluding steroid dienone is 2. The average molecular weight is 491 g/mol. The predicted molar refractivity (Wildman–Crippen MR) is 120 cm³/mol. The molecule has 0 atom stereocenters. The Kier molecular flexibility index (Phi) is 6.34. The molecule has 0 amide bonds. The zero-order chi connectivity index (χ0) is 25.6. The first kappa shape index (κ1) is 25.4. The zero-order valence-corrected chi connectivity index (χ0v) is 20.1. The van der Waals surface area contributed by atoms with Gasteiger partial charge in [-0.3, -0.25) is 24.1 Å². The fourth-order valence-electron chi connectivity index (χ4n) is 4.00. The number of halogens is 2. The minimum atomic E-state index is -4.27. The van der Waals surface area contributed by atoms with Crippen LogP contribution in [0.3, 0.4) is 0 Å². The van der Waals surface area contributed by atoms with E-state index in [0.29, 0.717) is 0 Å². The Morgan fingerprint density at radius 3 is 2.09 bits per heavy atom. The maximum absolute atomic E-state index is 13.6. The third-order valence-corrected chi connectivity index (χ3v) is 7.26. The van der Waals surface area contributed by atoms with E-state index in [1.807, 2.05) is 0 Å². The van der Waals surface area contributed by atoms with Gasteiger partial charge in [-0.05, 0) is 58.9 Å². The summed E-state index contributed by atoms with van der Waals surface area (Å²) < 4.78 is 54.5. The molecule has 0 fully saturated rings. The molecule has 7 nitrogen and oxygen atoms in total. The van der Waals surface area contributed by atoms with Crippen molar-refractivity contribution in [2.24, 2.45) is 10.8 Å². The summed E-state index contributed by atoms with van der Waals surface area (Å²) in [7, 11) is -4.27. The minimum absolute atomic E-state index is 0.0547. The van der Waals surface area contributed by atoms with Gasteiger partial charge >= 0.3 is 0 Å². The molecule has 2 aromatic rings. The van der Waals surface area contributed by atoms with Gasteiger partial charge in [0.15, 0.2) is 17.3 Å². The molecule has 3 rings (SSSR count). The van der Waals surface area contributed by atoms with Gasteiger partial charge in [0, 0.05) is 11.3 Å². The number of carbonyl (C=O) groups is 3. The van der Waals surface area contributed by atoms with Crippen LogP contribution in [0.4, 0.5) is 8.78 Å². The van der Waals surface area contributed by atoms with Crippen LogP contribution in [0, 0.1) is 17.8 Å². The van der Waals surface area contributed by atoms with Crippen molar-refractivity contribution in [3.63, 3.8) is 0 Å². The number of rotatable bonds is 6. The predicted octanol–water partition coefficient (Wildman–Crippen LogP) is 3.95. The third-order valence-electron chi connectivity index (χ3n) is 5.90. The Labute approximate surface area is 196 Å². The van der Waals surface area contributed by atoms with E-state index in [4.69, 9.17) is 0 Å². The number of aryl methyl sites for hydroxylation is 1. The van der Waals surface area contributed by atoms with Crippen LogP contribution in [0.2, 0.25) is 0 Å². The van der Waals surface area contributed by atoms with Crippen LogP contribution < -0.4 is 4.72 Å². The summed E-state index contributed by atoms with van der Waals surface area (Å²) in [5.74, 6) is -2.35. The smallest absolute Gasteiger partial charge is 0.280 e. The Morgan fingerprint density at radius 1 is 0.971 bits per heavy atom. The molecule has 0 aliphatic heterocycles. The van der Waals surface area contributed by atoms with Crippen molar-refractivity contribution in [2.75, 3.05) is 0 Å². The van der Waals surface area contributed by atoms with E-state index in [9.17, 15) is 31.6 Å². The molecular weight excluding hydrogens is 466 g/mol. The molecule has 0 bridgehead atoms. The van der Waals surface area contributed by atoms with Gasteiger partial charge in [0.25, 0.3) is 16.4 Å². The van der Waals surface area contributed by atoms with Crippen LogP contribution in [0.15, 0.2) is 58.6 Å². The summed E-state index contributed by atoms with van der Waals surface area (Å²) in [6.45, 7) is 6.90. The molecule has 1 aromatic heterocycles. The number of sulfonamides is 1. The van der Waals surface area contributed by atoms with Gasteiger partial charge in [-0.25, -0.2) is 17.2 Å². The molecule has 1 aliphatic rings. The highest BCUT2D eigenvalue weighted by molar-refractivity contribution is 7.89. The second-order valence-electron chi connectivity index (χ2n) is 9.08. The summed E-state index contributed by atoms with van der Waals surface area (Å²) in [5.41, 5.74) is -4.82. The second kappa shape index (κ2) is 8.50. The average Bonchev–Trinajstić information content (AvgIpc) is 2.77. The highest BCUT2D eigenvalue weighted by Gasteiger charge is 2.55. The first-order valence-electron chi connectivity index (χ1n) is 10.3. The van der Waals surface area contributed by atoms with Crippen molar-refractivity contribution in [2.45, 2.75) is 45.9 Å². The topological polar surface area (TPSA) is 110 Å². The van der Waals surface area contributed by atoms with Gasteiger partial charge in [-0.15, -0.1) is 0 Å². The minimum Gasteiger partial charge on any atom is -0.298 e. The van der Waals surface area contributed by atoms with Crippen molar-refractivity contribution in [3.8, 4) is 0 Å². The number of alkyl halides is 2. The molecule has 10 heteroatoms. The molecule has 0 unspecified atom stereocenters. The van der Waals surface area contributed by atoms with Crippen molar-refractivity contribution in [1.29, 1.82) is 0 Å². The number of hydrogen-bond acceptors (Lipinski definition) is 6. The molecule has 0 saturated carbocycles. The van der Waals surface area contributed by atoms with Crippen LogP contribution in [0.25, 0.3) is 0 Å². The maximum Gasteiger partial charge on any atom is 0.280 e. The van der Waals surface area contributed by atoms with Crippen LogP contribution in [-0.2, 0) is 19.6 Å². The number of nitrogens with one attached hydrogen (secondary N) is 1. The first-order valence-corrected chi connectivity index (χ1v) is 11.8. The van der Waals surface area contributed by atoms with Crippen LogP contribution in [0.1, 0.15) is 55.9 Å². The fourth-order valence-corrected chi connectivity index (χ4v) is 5.26. The SMILES string of the molecule is Cc1nc(C(F)F)ccc1C(=O)C1=C(NS(=O)(=O)c2ccccc2)C(C)(C)C(=O)C(C)(C)C1=O. The molecule has 1 N–H and O–H groups in total. The molecule has 180 valence electrons. The normalized spacial score (nSPS) is 17.8. The summed E-state index contributed by atoms with van der Waals surface area (Å²) in [6.07, 6.45) is -2.86. The molecule has 1 aromatic carbocycles. The van der Waals surface area contributed by atoms with Gasteiger partial charge in [-0.1, -0.05) is 18.2 Å². The molecule has 0 spiro atoms. The van der Waals surface area contributed by atoms with Gasteiger partial charge in [0.2, 0.25) is 0 Å². The van der Waals surface area contributed by atoms with Gasteiger partial charge in [0.1, 0.15) is 5.69 Å². The monoisotopic (exact) mass is 490 g/mol.